The molecule has 3 aliphatic rings. The maximum atomic E-state index is 12.3. The van der Waals surface area contributed by atoms with E-state index in [2.05, 4.69) is 77.5 Å². The van der Waals surface area contributed by atoms with Gasteiger partial charge < -0.3 is 10.0 Å². The second-order valence-electron chi connectivity index (χ2n) is 12.2. The van der Waals surface area contributed by atoms with Crippen molar-refractivity contribution >= 4 is 17.3 Å². The van der Waals surface area contributed by atoms with Gasteiger partial charge in [0.05, 0.1) is 5.01 Å². The lowest BCUT2D eigenvalue weighted by molar-refractivity contribution is -0.143. The summed E-state index contributed by atoms with van der Waals surface area (Å²) in [5, 5.41) is 11.3. The molecule has 0 spiro atoms. The number of piperidine rings is 1. The molecule has 39 heavy (non-hydrogen) atoms. The number of aliphatic carboxylic acids is 1. The van der Waals surface area contributed by atoms with E-state index in [1.807, 2.05) is 11.3 Å². The Balaban J connectivity index is 1.09. The molecule has 1 aromatic heterocycles. The Morgan fingerprint density at radius 3 is 2.56 bits per heavy atom. The van der Waals surface area contributed by atoms with Gasteiger partial charge in [0.1, 0.15) is 6.04 Å². The Kier molecular flexibility index (Phi) is 8.14. The van der Waals surface area contributed by atoms with Crippen LogP contribution in [0.3, 0.4) is 0 Å². The Hall–Kier alpha value is -2.54. The lowest BCUT2D eigenvalue weighted by Crippen LogP contribution is -2.41. The highest BCUT2D eigenvalue weighted by atomic mass is 32.1. The number of thiazole rings is 1. The van der Waals surface area contributed by atoms with Crippen LogP contribution in [0, 0.1) is 18.8 Å². The first kappa shape index (κ1) is 26.7. The number of carboxylic acid groups (broad SMARTS) is 1. The minimum atomic E-state index is -0.637. The molecule has 2 aliphatic heterocycles. The van der Waals surface area contributed by atoms with Gasteiger partial charge in [-0.05, 0) is 68.2 Å². The van der Waals surface area contributed by atoms with E-state index in [1.165, 1.54) is 52.3 Å². The summed E-state index contributed by atoms with van der Waals surface area (Å²) in [5.74, 6) is 1.44. The summed E-state index contributed by atoms with van der Waals surface area (Å²) in [7, 11) is 0. The average molecular weight is 544 g/mol. The Morgan fingerprint density at radius 1 is 1.05 bits per heavy atom. The highest BCUT2D eigenvalue weighted by molar-refractivity contribution is 7.11. The predicted molar refractivity (Wildman–Crippen MR) is 158 cm³/mol. The number of hydrogen-bond acceptors (Lipinski definition) is 5. The molecule has 3 fully saturated rings. The highest BCUT2D eigenvalue weighted by Gasteiger charge is 2.42. The summed E-state index contributed by atoms with van der Waals surface area (Å²) >= 11 is 1.89. The number of carbonyl (C=O) groups is 1. The van der Waals surface area contributed by atoms with Gasteiger partial charge in [0.2, 0.25) is 0 Å². The van der Waals surface area contributed by atoms with Gasteiger partial charge in [-0.2, -0.15) is 0 Å². The number of hydrogen-bond donors (Lipinski definition) is 1. The minimum Gasteiger partial charge on any atom is -0.480 e. The molecule has 5 nitrogen and oxygen atoms in total. The summed E-state index contributed by atoms with van der Waals surface area (Å²) in [4.78, 5) is 23.4. The number of benzene rings is 2. The van der Waals surface area contributed by atoms with Crippen LogP contribution in [0.4, 0.5) is 0 Å². The quantitative estimate of drug-likeness (QED) is 0.330. The van der Waals surface area contributed by atoms with E-state index in [-0.39, 0.29) is 6.04 Å². The average Bonchev–Trinajstić information content (AvgIpc) is 3.49. The summed E-state index contributed by atoms with van der Waals surface area (Å²) < 4.78 is 0. The molecule has 6 rings (SSSR count). The van der Waals surface area contributed by atoms with Gasteiger partial charge >= 0.3 is 5.97 Å². The molecule has 0 bridgehead atoms. The van der Waals surface area contributed by atoms with Crippen LogP contribution in [0.2, 0.25) is 0 Å². The fourth-order valence-electron chi connectivity index (χ4n) is 6.79. The Morgan fingerprint density at radius 2 is 1.85 bits per heavy atom. The third-order valence-electron chi connectivity index (χ3n) is 9.17. The highest BCUT2D eigenvalue weighted by Crippen LogP contribution is 2.40. The van der Waals surface area contributed by atoms with Crippen molar-refractivity contribution in [1.29, 1.82) is 0 Å². The fourth-order valence-corrected chi connectivity index (χ4v) is 7.92. The van der Waals surface area contributed by atoms with Crippen molar-refractivity contribution in [2.75, 3.05) is 32.7 Å². The van der Waals surface area contributed by atoms with Gasteiger partial charge in [0.25, 0.3) is 0 Å². The monoisotopic (exact) mass is 543 g/mol. The van der Waals surface area contributed by atoms with Gasteiger partial charge in [-0.1, -0.05) is 73.0 Å². The Bertz CT molecular complexity index is 1250. The summed E-state index contributed by atoms with van der Waals surface area (Å²) in [6.45, 7) is 7.18. The molecule has 206 valence electrons. The van der Waals surface area contributed by atoms with Crippen molar-refractivity contribution in [2.24, 2.45) is 11.8 Å². The molecular weight excluding hydrogens is 502 g/mol. The molecule has 2 aromatic carbocycles. The molecule has 1 aliphatic carbocycles. The molecule has 0 amide bonds. The van der Waals surface area contributed by atoms with Crippen LogP contribution in [0.1, 0.15) is 70.5 Å². The molecule has 1 saturated carbocycles. The summed E-state index contributed by atoms with van der Waals surface area (Å²) in [6, 6.07) is 19.2. The van der Waals surface area contributed by atoms with Crippen LogP contribution in [0.25, 0.3) is 0 Å². The van der Waals surface area contributed by atoms with E-state index in [0.717, 1.165) is 45.6 Å². The molecule has 3 aromatic rings. The molecule has 3 heterocycles. The molecule has 0 radical (unpaired) electrons. The molecule has 2 saturated heterocycles. The smallest absolute Gasteiger partial charge is 0.320 e. The van der Waals surface area contributed by atoms with Crippen LogP contribution in [0.15, 0.2) is 60.8 Å². The third-order valence-corrected chi connectivity index (χ3v) is 10.3. The van der Waals surface area contributed by atoms with Gasteiger partial charge in [0, 0.05) is 43.0 Å². The van der Waals surface area contributed by atoms with Crippen LogP contribution in [-0.4, -0.2) is 64.6 Å². The zero-order chi connectivity index (χ0) is 26.8. The molecule has 6 heteroatoms. The predicted octanol–water partition coefficient (Wildman–Crippen LogP) is 6.19. The van der Waals surface area contributed by atoms with Crippen molar-refractivity contribution in [3.05, 3.63) is 87.4 Å². The van der Waals surface area contributed by atoms with Gasteiger partial charge in [-0.3, -0.25) is 9.69 Å². The second-order valence-corrected chi connectivity index (χ2v) is 13.3. The van der Waals surface area contributed by atoms with Gasteiger partial charge in [-0.15, -0.1) is 11.3 Å². The van der Waals surface area contributed by atoms with E-state index in [9.17, 15) is 9.90 Å². The Labute approximate surface area is 236 Å². The fraction of sp³-hybridized carbons (Fsp3) is 0.515. The largest absolute Gasteiger partial charge is 0.480 e. The van der Waals surface area contributed by atoms with Gasteiger partial charge in [0.15, 0.2) is 0 Å². The molecular formula is C33H41N3O2S. The lowest BCUT2D eigenvalue weighted by atomic mass is 9.87. The third kappa shape index (κ3) is 6.62. The second kappa shape index (κ2) is 11.9. The number of aryl methyl sites for hydroxylation is 1. The van der Waals surface area contributed by atoms with E-state index in [4.69, 9.17) is 4.98 Å². The van der Waals surface area contributed by atoms with Crippen LogP contribution >= 0.6 is 11.3 Å². The first-order chi connectivity index (χ1) is 19.0. The van der Waals surface area contributed by atoms with Crippen molar-refractivity contribution in [3.63, 3.8) is 0 Å². The number of nitrogens with zero attached hydrogens (tertiary/aromatic N) is 3. The zero-order valence-electron chi connectivity index (χ0n) is 23.0. The first-order valence-electron chi connectivity index (χ1n) is 14.8. The van der Waals surface area contributed by atoms with E-state index >= 15 is 0 Å². The van der Waals surface area contributed by atoms with E-state index < -0.39 is 5.97 Å². The standard InChI is InChI=1S/C33H41N3O2S/c1-23-6-5-9-27(16-23)29-22-36(30(33(37)38)17-25-10-11-25)21-28(29)20-35-14-12-26(13-15-35)31-19-34-32(39-31)18-24-7-3-2-4-8-24/h2-9,16,19,25-26,28-30H,10-15,17-18,20-22H2,1H3,(H,37,38). The number of likely N-dealkylation sites (tertiary alicyclic amines) is 2. The van der Waals surface area contributed by atoms with Gasteiger partial charge in [-0.25, -0.2) is 4.98 Å². The SMILES string of the molecule is Cc1cccc(C2CN(C(CC3CC3)C(=O)O)CC2CN2CCC(c3cnc(Cc4ccccc4)s3)CC2)c1. The van der Waals surface area contributed by atoms with Crippen molar-refractivity contribution in [1.82, 2.24) is 14.8 Å². The number of carboxylic acids is 1. The summed E-state index contributed by atoms with van der Waals surface area (Å²) in [6.07, 6.45) is 8.61. The van der Waals surface area contributed by atoms with Crippen LogP contribution in [-0.2, 0) is 11.2 Å². The topological polar surface area (TPSA) is 56.7 Å². The minimum absolute atomic E-state index is 0.336. The molecule has 1 N–H and O–H groups in total. The zero-order valence-corrected chi connectivity index (χ0v) is 23.9. The first-order valence-corrected chi connectivity index (χ1v) is 15.6. The maximum absolute atomic E-state index is 12.3. The van der Waals surface area contributed by atoms with E-state index in [1.54, 1.807) is 0 Å². The van der Waals surface area contributed by atoms with E-state index in [0.29, 0.717) is 23.7 Å². The number of rotatable bonds is 10. The lowest BCUT2D eigenvalue weighted by Gasteiger charge is -2.34. The molecule has 3 atom stereocenters. The maximum Gasteiger partial charge on any atom is 0.320 e. The van der Waals surface area contributed by atoms with Crippen molar-refractivity contribution in [3.8, 4) is 0 Å². The number of aromatic nitrogens is 1. The summed E-state index contributed by atoms with van der Waals surface area (Å²) in [5.41, 5.74) is 3.99. The van der Waals surface area contributed by atoms with Crippen LogP contribution in [0.5, 0.6) is 0 Å². The molecule has 3 unspecified atom stereocenters. The van der Waals surface area contributed by atoms with Crippen molar-refractivity contribution < 1.29 is 9.90 Å². The van der Waals surface area contributed by atoms with Crippen LogP contribution < -0.4 is 0 Å². The normalized spacial score (nSPS) is 23.7. The van der Waals surface area contributed by atoms with Crippen molar-refractivity contribution in [2.45, 2.75) is 63.3 Å².